The summed E-state index contributed by atoms with van der Waals surface area (Å²) in [6.45, 7) is 9.28. The number of nitrogens with zero attached hydrogens (tertiary/aromatic N) is 1. The standard InChI is InChI=1S/C12H21N3OS/c1-8(2)5-14-11(16)6-13-9(3)12-10(4)15-7-17-12/h7-9,13H,5-6H2,1-4H3,(H,14,16). The Bertz CT molecular complexity index is 362. The second-order valence-corrected chi connectivity index (χ2v) is 5.49. The van der Waals surface area contributed by atoms with E-state index in [4.69, 9.17) is 0 Å². The lowest BCUT2D eigenvalue weighted by Gasteiger charge is -2.13. The molecular formula is C12H21N3OS. The topological polar surface area (TPSA) is 54.0 Å². The highest BCUT2D eigenvalue weighted by Gasteiger charge is 2.11. The van der Waals surface area contributed by atoms with Gasteiger partial charge in [-0.3, -0.25) is 4.79 Å². The summed E-state index contributed by atoms with van der Waals surface area (Å²) in [6.07, 6.45) is 0. The Morgan fingerprint density at radius 3 is 2.71 bits per heavy atom. The van der Waals surface area contributed by atoms with Crippen LogP contribution in [0.1, 0.15) is 37.4 Å². The highest BCUT2D eigenvalue weighted by molar-refractivity contribution is 7.09. The van der Waals surface area contributed by atoms with Gasteiger partial charge in [-0.2, -0.15) is 0 Å². The lowest BCUT2D eigenvalue weighted by atomic mass is 10.2. The zero-order valence-corrected chi connectivity index (χ0v) is 11.7. The number of aromatic nitrogens is 1. The van der Waals surface area contributed by atoms with Crippen LogP contribution in [-0.4, -0.2) is 24.0 Å². The molecule has 1 aromatic rings. The first kappa shape index (κ1) is 14.1. The molecule has 1 rings (SSSR count). The molecule has 0 saturated heterocycles. The van der Waals surface area contributed by atoms with E-state index in [0.29, 0.717) is 12.5 Å². The minimum Gasteiger partial charge on any atom is -0.355 e. The van der Waals surface area contributed by atoms with Gasteiger partial charge in [-0.25, -0.2) is 4.98 Å². The van der Waals surface area contributed by atoms with Crippen LogP contribution in [0.3, 0.4) is 0 Å². The molecule has 2 N–H and O–H groups in total. The molecule has 0 bridgehead atoms. The molecule has 0 aliphatic heterocycles. The minimum atomic E-state index is 0.0488. The van der Waals surface area contributed by atoms with E-state index >= 15 is 0 Å². The second-order valence-electron chi connectivity index (χ2n) is 4.60. The maximum atomic E-state index is 11.5. The number of nitrogens with one attached hydrogen (secondary N) is 2. The Kier molecular flexibility index (Phi) is 5.58. The third-order valence-electron chi connectivity index (χ3n) is 2.45. The lowest BCUT2D eigenvalue weighted by Crippen LogP contribution is -2.36. The summed E-state index contributed by atoms with van der Waals surface area (Å²) in [7, 11) is 0. The number of hydrogen-bond acceptors (Lipinski definition) is 4. The van der Waals surface area contributed by atoms with E-state index in [-0.39, 0.29) is 11.9 Å². The van der Waals surface area contributed by atoms with E-state index in [1.165, 1.54) is 4.88 Å². The monoisotopic (exact) mass is 255 g/mol. The Hall–Kier alpha value is -0.940. The van der Waals surface area contributed by atoms with Crippen molar-refractivity contribution in [1.82, 2.24) is 15.6 Å². The van der Waals surface area contributed by atoms with Crippen LogP contribution >= 0.6 is 11.3 Å². The summed E-state index contributed by atoms with van der Waals surface area (Å²) >= 11 is 1.62. The van der Waals surface area contributed by atoms with Crippen molar-refractivity contribution in [2.75, 3.05) is 13.1 Å². The summed E-state index contributed by atoms with van der Waals surface area (Å²) in [5.74, 6) is 0.535. The van der Waals surface area contributed by atoms with Crippen molar-refractivity contribution in [3.63, 3.8) is 0 Å². The number of amides is 1. The molecule has 1 amide bonds. The van der Waals surface area contributed by atoms with Crippen LogP contribution in [0.2, 0.25) is 0 Å². The third kappa shape index (κ3) is 4.83. The quantitative estimate of drug-likeness (QED) is 0.816. The Labute approximate surface area is 107 Å². The van der Waals surface area contributed by atoms with Crippen LogP contribution in [-0.2, 0) is 4.79 Å². The molecule has 0 saturated carbocycles. The number of carbonyl (C=O) groups is 1. The van der Waals surface area contributed by atoms with Crippen molar-refractivity contribution in [3.05, 3.63) is 16.1 Å². The molecule has 0 fully saturated rings. The number of rotatable bonds is 6. The largest absolute Gasteiger partial charge is 0.355 e. The predicted molar refractivity (Wildman–Crippen MR) is 71.1 cm³/mol. The van der Waals surface area contributed by atoms with E-state index in [1.54, 1.807) is 11.3 Å². The molecule has 0 spiro atoms. The smallest absolute Gasteiger partial charge is 0.233 e. The van der Waals surface area contributed by atoms with E-state index in [2.05, 4.69) is 36.4 Å². The molecule has 0 radical (unpaired) electrons. The normalized spacial score (nSPS) is 12.8. The van der Waals surface area contributed by atoms with E-state index in [1.807, 2.05) is 12.4 Å². The van der Waals surface area contributed by atoms with Crippen molar-refractivity contribution in [1.29, 1.82) is 0 Å². The molecule has 0 aliphatic rings. The van der Waals surface area contributed by atoms with Gasteiger partial charge in [0.25, 0.3) is 0 Å². The van der Waals surface area contributed by atoms with Gasteiger partial charge in [-0.1, -0.05) is 13.8 Å². The van der Waals surface area contributed by atoms with Gasteiger partial charge in [0.1, 0.15) is 0 Å². The van der Waals surface area contributed by atoms with Crippen molar-refractivity contribution >= 4 is 17.2 Å². The van der Waals surface area contributed by atoms with Gasteiger partial charge < -0.3 is 10.6 Å². The number of thiazole rings is 1. The van der Waals surface area contributed by atoms with Gasteiger partial charge >= 0.3 is 0 Å². The number of aryl methyl sites for hydroxylation is 1. The number of hydrogen-bond donors (Lipinski definition) is 2. The Morgan fingerprint density at radius 1 is 1.47 bits per heavy atom. The summed E-state index contributed by atoms with van der Waals surface area (Å²) in [6, 6.07) is 0.173. The molecule has 1 aromatic heterocycles. The second kappa shape index (κ2) is 6.71. The van der Waals surface area contributed by atoms with E-state index in [9.17, 15) is 4.79 Å². The Morgan fingerprint density at radius 2 is 2.18 bits per heavy atom. The van der Waals surface area contributed by atoms with Crippen molar-refractivity contribution < 1.29 is 4.79 Å². The van der Waals surface area contributed by atoms with Crippen molar-refractivity contribution in [3.8, 4) is 0 Å². The SMILES string of the molecule is Cc1ncsc1C(C)NCC(=O)NCC(C)C. The molecule has 1 heterocycles. The van der Waals surface area contributed by atoms with Crippen LogP contribution in [0.25, 0.3) is 0 Å². The average Bonchev–Trinajstić information content (AvgIpc) is 2.69. The summed E-state index contributed by atoms with van der Waals surface area (Å²) < 4.78 is 0. The van der Waals surface area contributed by atoms with Gasteiger partial charge in [0.05, 0.1) is 17.7 Å². The molecule has 4 nitrogen and oxygen atoms in total. The zero-order valence-electron chi connectivity index (χ0n) is 10.9. The van der Waals surface area contributed by atoms with Gasteiger partial charge in [0.15, 0.2) is 0 Å². The fourth-order valence-electron chi connectivity index (χ4n) is 1.45. The zero-order chi connectivity index (χ0) is 12.8. The summed E-state index contributed by atoms with van der Waals surface area (Å²) in [5, 5.41) is 6.09. The number of carbonyl (C=O) groups excluding carboxylic acids is 1. The summed E-state index contributed by atoms with van der Waals surface area (Å²) in [5.41, 5.74) is 2.87. The molecule has 17 heavy (non-hydrogen) atoms. The first-order valence-corrected chi connectivity index (χ1v) is 6.78. The molecule has 5 heteroatoms. The van der Waals surface area contributed by atoms with Crippen LogP contribution in [0.4, 0.5) is 0 Å². The minimum absolute atomic E-state index is 0.0488. The van der Waals surface area contributed by atoms with Crippen LogP contribution in [0, 0.1) is 12.8 Å². The van der Waals surface area contributed by atoms with Gasteiger partial charge in [0, 0.05) is 17.5 Å². The fourth-order valence-corrected chi connectivity index (χ4v) is 2.28. The van der Waals surface area contributed by atoms with Crippen LogP contribution in [0.5, 0.6) is 0 Å². The van der Waals surface area contributed by atoms with Crippen molar-refractivity contribution in [2.45, 2.75) is 33.7 Å². The molecule has 1 unspecified atom stereocenters. The molecule has 0 aromatic carbocycles. The maximum absolute atomic E-state index is 11.5. The fraction of sp³-hybridized carbons (Fsp3) is 0.667. The van der Waals surface area contributed by atoms with Gasteiger partial charge in [-0.15, -0.1) is 11.3 Å². The van der Waals surface area contributed by atoms with Gasteiger partial charge in [0.2, 0.25) is 5.91 Å². The predicted octanol–water partition coefficient (Wildman–Crippen LogP) is 1.87. The highest BCUT2D eigenvalue weighted by Crippen LogP contribution is 2.20. The molecule has 0 aliphatic carbocycles. The van der Waals surface area contributed by atoms with Crippen LogP contribution in [0.15, 0.2) is 5.51 Å². The van der Waals surface area contributed by atoms with E-state index < -0.39 is 0 Å². The highest BCUT2D eigenvalue weighted by atomic mass is 32.1. The maximum Gasteiger partial charge on any atom is 0.233 e. The average molecular weight is 255 g/mol. The Balaban J connectivity index is 2.31. The van der Waals surface area contributed by atoms with Crippen LogP contribution < -0.4 is 10.6 Å². The van der Waals surface area contributed by atoms with Gasteiger partial charge in [-0.05, 0) is 19.8 Å². The molecule has 96 valence electrons. The third-order valence-corrected chi connectivity index (χ3v) is 3.57. The van der Waals surface area contributed by atoms with Crippen molar-refractivity contribution in [2.24, 2.45) is 5.92 Å². The first-order valence-electron chi connectivity index (χ1n) is 5.90. The lowest BCUT2D eigenvalue weighted by molar-refractivity contribution is -0.120. The van der Waals surface area contributed by atoms with E-state index in [0.717, 1.165) is 12.2 Å². The summed E-state index contributed by atoms with van der Waals surface area (Å²) in [4.78, 5) is 16.9. The first-order chi connectivity index (χ1) is 8.00. The molecule has 1 atom stereocenters. The molecular weight excluding hydrogens is 234 g/mol.